The number of anilines is 2. The number of carbonyl (C=O) groups is 1. The minimum absolute atomic E-state index is 0.0367. The molecule has 0 aromatic carbocycles. The number of rotatable bonds is 4. The molecule has 1 fully saturated rings. The van der Waals surface area contributed by atoms with Gasteiger partial charge in [-0.05, 0) is 27.7 Å². The Bertz CT molecular complexity index is 491. The van der Waals surface area contributed by atoms with Gasteiger partial charge in [-0.3, -0.25) is 4.79 Å². The molecule has 1 amide bonds. The quantitative estimate of drug-likeness (QED) is 0.918. The molecular formula is C14H24N4O2S. The highest BCUT2D eigenvalue weighted by atomic mass is 32.1. The zero-order valence-corrected chi connectivity index (χ0v) is 13.9. The van der Waals surface area contributed by atoms with Crippen molar-refractivity contribution in [2.45, 2.75) is 39.9 Å². The molecule has 2 N–H and O–H groups in total. The molecule has 0 bridgehead atoms. The summed E-state index contributed by atoms with van der Waals surface area (Å²) < 4.78 is 5.67. The number of nitrogens with two attached hydrogens (primary N) is 1. The van der Waals surface area contributed by atoms with Crippen molar-refractivity contribution in [3.63, 3.8) is 0 Å². The van der Waals surface area contributed by atoms with E-state index in [-0.39, 0.29) is 18.1 Å². The van der Waals surface area contributed by atoms with E-state index in [0.29, 0.717) is 23.8 Å². The summed E-state index contributed by atoms with van der Waals surface area (Å²) >= 11 is 1.38. The highest BCUT2D eigenvalue weighted by Gasteiger charge is 2.29. The highest BCUT2D eigenvalue weighted by Crippen LogP contribution is 2.29. The third kappa shape index (κ3) is 3.47. The maximum atomic E-state index is 12.7. The van der Waals surface area contributed by atoms with Crippen LogP contribution in [0.5, 0.6) is 0 Å². The summed E-state index contributed by atoms with van der Waals surface area (Å²) in [5, 5.41) is 0.815. The van der Waals surface area contributed by atoms with E-state index in [1.807, 2.05) is 18.7 Å². The van der Waals surface area contributed by atoms with Gasteiger partial charge in [-0.1, -0.05) is 11.3 Å². The SMILES string of the molecule is CCN(CC)c1nc(N)c(C(=O)N2CC(C)OC(C)C2)s1. The Hall–Kier alpha value is -1.34. The van der Waals surface area contributed by atoms with E-state index in [9.17, 15) is 4.79 Å². The third-order valence-electron chi connectivity index (χ3n) is 3.58. The fourth-order valence-electron chi connectivity index (χ4n) is 2.59. The van der Waals surface area contributed by atoms with Gasteiger partial charge in [0.15, 0.2) is 5.13 Å². The Balaban J connectivity index is 2.19. The molecule has 1 aliphatic rings. The van der Waals surface area contributed by atoms with E-state index in [1.54, 1.807) is 0 Å². The zero-order valence-electron chi connectivity index (χ0n) is 13.1. The fourth-order valence-corrected chi connectivity index (χ4v) is 3.67. The van der Waals surface area contributed by atoms with Crippen LogP contribution in [-0.2, 0) is 4.74 Å². The summed E-state index contributed by atoms with van der Waals surface area (Å²) in [6.45, 7) is 11.0. The number of morpholine rings is 1. The number of hydrogen-bond donors (Lipinski definition) is 1. The molecular weight excluding hydrogens is 288 g/mol. The van der Waals surface area contributed by atoms with Gasteiger partial charge in [0.25, 0.3) is 5.91 Å². The predicted molar refractivity (Wildman–Crippen MR) is 86.0 cm³/mol. The van der Waals surface area contributed by atoms with Gasteiger partial charge in [-0.2, -0.15) is 0 Å². The van der Waals surface area contributed by atoms with Gasteiger partial charge in [0.2, 0.25) is 0 Å². The minimum atomic E-state index is -0.0367. The molecule has 118 valence electrons. The minimum Gasteiger partial charge on any atom is -0.382 e. The van der Waals surface area contributed by atoms with Crippen LogP contribution < -0.4 is 10.6 Å². The second-order valence-electron chi connectivity index (χ2n) is 5.35. The smallest absolute Gasteiger partial charge is 0.268 e. The van der Waals surface area contributed by atoms with E-state index < -0.39 is 0 Å². The van der Waals surface area contributed by atoms with Crippen LogP contribution in [0.15, 0.2) is 0 Å². The molecule has 21 heavy (non-hydrogen) atoms. The summed E-state index contributed by atoms with van der Waals surface area (Å²) in [6.07, 6.45) is 0.100. The van der Waals surface area contributed by atoms with Gasteiger partial charge in [0.1, 0.15) is 10.7 Å². The lowest BCUT2D eigenvalue weighted by molar-refractivity contribution is -0.0584. The van der Waals surface area contributed by atoms with Crippen LogP contribution >= 0.6 is 11.3 Å². The van der Waals surface area contributed by atoms with Gasteiger partial charge in [-0.15, -0.1) is 0 Å². The first-order valence-electron chi connectivity index (χ1n) is 7.42. The van der Waals surface area contributed by atoms with Crippen LogP contribution in [0.3, 0.4) is 0 Å². The first-order valence-corrected chi connectivity index (χ1v) is 8.23. The van der Waals surface area contributed by atoms with E-state index in [0.717, 1.165) is 18.2 Å². The van der Waals surface area contributed by atoms with Crippen molar-refractivity contribution >= 4 is 28.2 Å². The summed E-state index contributed by atoms with van der Waals surface area (Å²) in [7, 11) is 0. The average Bonchev–Trinajstić information content (AvgIpc) is 2.80. The number of amides is 1. The van der Waals surface area contributed by atoms with Crippen LogP contribution in [0.2, 0.25) is 0 Å². The lowest BCUT2D eigenvalue weighted by atomic mass is 10.2. The average molecular weight is 312 g/mol. The molecule has 1 aliphatic heterocycles. The third-order valence-corrected chi connectivity index (χ3v) is 4.70. The molecule has 1 aromatic rings. The number of nitrogens with zero attached hydrogens (tertiary/aromatic N) is 3. The lowest BCUT2D eigenvalue weighted by Crippen LogP contribution is -2.48. The first kappa shape index (κ1) is 16.0. The molecule has 1 aromatic heterocycles. The Morgan fingerprint density at radius 3 is 2.48 bits per heavy atom. The number of hydrogen-bond acceptors (Lipinski definition) is 6. The number of thiazole rings is 1. The van der Waals surface area contributed by atoms with Crippen molar-refractivity contribution in [2.24, 2.45) is 0 Å². The number of ether oxygens (including phenoxy) is 1. The molecule has 6 nitrogen and oxygen atoms in total. The normalized spacial score (nSPS) is 22.4. The second kappa shape index (κ2) is 6.62. The second-order valence-corrected chi connectivity index (χ2v) is 6.33. The number of nitrogen functional groups attached to an aromatic ring is 1. The Morgan fingerprint density at radius 2 is 1.95 bits per heavy atom. The summed E-state index contributed by atoms with van der Waals surface area (Å²) in [5.74, 6) is 0.295. The van der Waals surface area contributed by atoms with Crippen molar-refractivity contribution < 1.29 is 9.53 Å². The molecule has 0 radical (unpaired) electrons. The van der Waals surface area contributed by atoms with E-state index in [2.05, 4.69) is 23.7 Å². The molecule has 0 aliphatic carbocycles. The molecule has 0 saturated carbocycles. The van der Waals surface area contributed by atoms with Crippen LogP contribution in [0.25, 0.3) is 0 Å². The molecule has 2 heterocycles. The maximum absolute atomic E-state index is 12.7. The van der Waals surface area contributed by atoms with Crippen LogP contribution in [0.1, 0.15) is 37.4 Å². The molecule has 2 atom stereocenters. The maximum Gasteiger partial charge on any atom is 0.268 e. The topological polar surface area (TPSA) is 71.7 Å². The number of carbonyl (C=O) groups excluding carboxylic acids is 1. The van der Waals surface area contributed by atoms with Crippen molar-refractivity contribution in [1.82, 2.24) is 9.88 Å². The van der Waals surface area contributed by atoms with Gasteiger partial charge >= 0.3 is 0 Å². The van der Waals surface area contributed by atoms with Crippen LogP contribution in [0, 0.1) is 0 Å². The van der Waals surface area contributed by atoms with Crippen molar-refractivity contribution in [1.29, 1.82) is 0 Å². The van der Waals surface area contributed by atoms with Gasteiger partial charge < -0.3 is 20.3 Å². The lowest BCUT2D eigenvalue weighted by Gasteiger charge is -2.35. The standard InChI is InChI=1S/C14H24N4O2S/c1-5-17(6-2)14-16-12(15)11(21-14)13(19)18-7-9(3)20-10(4)8-18/h9-10H,5-8,15H2,1-4H3. The molecule has 0 spiro atoms. The van der Waals surface area contributed by atoms with E-state index in [1.165, 1.54) is 11.3 Å². The van der Waals surface area contributed by atoms with Crippen LogP contribution in [0.4, 0.5) is 10.9 Å². The fraction of sp³-hybridized carbons (Fsp3) is 0.714. The van der Waals surface area contributed by atoms with Gasteiger partial charge in [-0.25, -0.2) is 4.98 Å². The molecule has 2 rings (SSSR count). The van der Waals surface area contributed by atoms with Crippen molar-refractivity contribution in [3.8, 4) is 0 Å². The zero-order chi connectivity index (χ0) is 15.6. The van der Waals surface area contributed by atoms with Crippen molar-refractivity contribution in [3.05, 3.63) is 4.88 Å². The van der Waals surface area contributed by atoms with Gasteiger partial charge in [0, 0.05) is 26.2 Å². The van der Waals surface area contributed by atoms with Crippen molar-refractivity contribution in [2.75, 3.05) is 36.8 Å². The van der Waals surface area contributed by atoms with E-state index in [4.69, 9.17) is 10.5 Å². The van der Waals surface area contributed by atoms with E-state index >= 15 is 0 Å². The summed E-state index contributed by atoms with van der Waals surface area (Å²) in [6, 6.07) is 0. The molecule has 2 unspecified atom stereocenters. The summed E-state index contributed by atoms with van der Waals surface area (Å²) in [5.41, 5.74) is 5.96. The largest absolute Gasteiger partial charge is 0.382 e. The monoisotopic (exact) mass is 312 g/mol. The van der Waals surface area contributed by atoms with Gasteiger partial charge in [0.05, 0.1) is 12.2 Å². The Labute approximate surface area is 129 Å². The highest BCUT2D eigenvalue weighted by molar-refractivity contribution is 7.18. The van der Waals surface area contributed by atoms with Crippen LogP contribution in [-0.4, -0.2) is 54.2 Å². The predicted octanol–water partition coefficient (Wildman–Crippen LogP) is 1.82. The Kier molecular flexibility index (Phi) is 5.05. The summed E-state index contributed by atoms with van der Waals surface area (Å²) in [4.78, 5) is 21.5. The first-order chi connectivity index (χ1) is 9.96. The molecule has 7 heteroatoms. The molecule has 1 saturated heterocycles. The Morgan fingerprint density at radius 1 is 1.38 bits per heavy atom. The number of aromatic nitrogens is 1.